The third kappa shape index (κ3) is 1.67. The van der Waals surface area contributed by atoms with Crippen LogP contribution in [0.5, 0.6) is 0 Å². The van der Waals surface area contributed by atoms with E-state index in [2.05, 4.69) is 6.58 Å². The molecule has 0 saturated carbocycles. The van der Waals surface area contributed by atoms with E-state index in [1.165, 1.54) is 12.1 Å². The quantitative estimate of drug-likeness (QED) is 0.564. The van der Waals surface area contributed by atoms with Crippen molar-refractivity contribution in [3.63, 3.8) is 0 Å². The maximum atomic E-state index is 11.5. The number of sulfone groups is 1. The third-order valence-electron chi connectivity index (χ3n) is 1.72. The molecule has 1 rings (SSSR count). The Morgan fingerprint density at radius 1 is 1.43 bits per heavy atom. The zero-order chi connectivity index (χ0) is 10.8. The topological polar surface area (TPSA) is 84.0 Å². The van der Waals surface area contributed by atoms with Crippen LogP contribution >= 0.6 is 0 Å². The van der Waals surface area contributed by atoms with Crippen LogP contribution in [0, 0.1) is 5.41 Å². The molecule has 0 aliphatic rings. The van der Waals surface area contributed by atoms with Crippen molar-refractivity contribution in [1.82, 2.24) is 0 Å². The molecular formula is C9H10N2O2S. The lowest BCUT2D eigenvalue weighted by Crippen LogP contribution is -2.23. The van der Waals surface area contributed by atoms with E-state index in [1.807, 2.05) is 0 Å². The summed E-state index contributed by atoms with van der Waals surface area (Å²) in [6, 6.07) is 6.26. The number of nitrogens with two attached hydrogens (primary N) is 1. The summed E-state index contributed by atoms with van der Waals surface area (Å²) in [6.45, 7) is 3.49. The molecule has 4 nitrogen and oxygen atoms in total. The van der Waals surface area contributed by atoms with Gasteiger partial charge in [0.2, 0.25) is 15.0 Å². The minimum absolute atomic E-state index is 0.0162. The Hall–Kier alpha value is -1.62. The van der Waals surface area contributed by atoms with Crippen molar-refractivity contribution in [3.05, 3.63) is 36.4 Å². The van der Waals surface area contributed by atoms with E-state index < -0.39 is 15.0 Å². The molecule has 5 heteroatoms. The Bertz CT molecular complexity index is 477. The maximum absolute atomic E-state index is 11.5. The second-order valence-electron chi connectivity index (χ2n) is 2.61. The van der Waals surface area contributed by atoms with Gasteiger partial charge in [-0.2, -0.15) is 0 Å². The average molecular weight is 210 g/mol. The van der Waals surface area contributed by atoms with Gasteiger partial charge < -0.3 is 5.73 Å². The minimum atomic E-state index is -3.83. The molecule has 0 amide bonds. The van der Waals surface area contributed by atoms with Gasteiger partial charge in [0.25, 0.3) is 0 Å². The van der Waals surface area contributed by atoms with E-state index in [1.54, 1.807) is 18.2 Å². The number of hydrogen-bond acceptors (Lipinski definition) is 3. The van der Waals surface area contributed by atoms with Gasteiger partial charge in [-0.1, -0.05) is 30.9 Å². The molecule has 0 unspecified atom stereocenters. The van der Waals surface area contributed by atoms with Crippen LogP contribution in [0.4, 0.5) is 0 Å². The van der Waals surface area contributed by atoms with Crippen LogP contribution in [-0.2, 0) is 9.84 Å². The van der Waals surface area contributed by atoms with Crippen molar-refractivity contribution in [1.29, 1.82) is 5.41 Å². The van der Waals surface area contributed by atoms with E-state index >= 15 is 0 Å². The zero-order valence-corrected chi connectivity index (χ0v) is 8.21. The van der Waals surface area contributed by atoms with Crippen LogP contribution in [-0.4, -0.2) is 13.6 Å². The van der Waals surface area contributed by atoms with Gasteiger partial charge in [-0.15, -0.1) is 0 Å². The van der Waals surface area contributed by atoms with Crippen LogP contribution in [0.3, 0.4) is 0 Å². The van der Waals surface area contributed by atoms with E-state index in [0.29, 0.717) is 5.56 Å². The van der Waals surface area contributed by atoms with E-state index in [4.69, 9.17) is 11.1 Å². The molecule has 1 aromatic carbocycles. The minimum Gasteiger partial charge on any atom is -0.374 e. The lowest BCUT2D eigenvalue weighted by Gasteiger charge is -2.04. The van der Waals surface area contributed by atoms with E-state index in [9.17, 15) is 8.42 Å². The fourth-order valence-electron chi connectivity index (χ4n) is 1.01. The molecule has 3 N–H and O–H groups in total. The molecule has 0 atom stereocenters. The molecule has 0 saturated heterocycles. The molecule has 1 aromatic rings. The highest BCUT2D eigenvalue weighted by atomic mass is 32.2. The maximum Gasteiger partial charge on any atom is 0.239 e. The highest BCUT2D eigenvalue weighted by Crippen LogP contribution is 2.17. The van der Waals surface area contributed by atoms with Gasteiger partial charge in [0, 0.05) is 0 Å². The van der Waals surface area contributed by atoms with Crippen molar-refractivity contribution in [2.24, 2.45) is 5.73 Å². The van der Waals surface area contributed by atoms with Gasteiger partial charge in [0.1, 0.15) is 0 Å². The summed E-state index contributed by atoms with van der Waals surface area (Å²) < 4.78 is 23.0. The van der Waals surface area contributed by atoms with Crippen LogP contribution < -0.4 is 5.73 Å². The summed E-state index contributed by atoms with van der Waals surface area (Å²) in [5, 5.41) is 6.11. The lowest BCUT2D eigenvalue weighted by molar-refractivity contribution is 0.606. The fourth-order valence-corrected chi connectivity index (χ4v) is 1.97. The molecule has 0 bridgehead atoms. The van der Waals surface area contributed by atoms with Crippen LogP contribution in [0.2, 0.25) is 0 Å². The monoisotopic (exact) mass is 210 g/mol. The molecular weight excluding hydrogens is 200 g/mol. The van der Waals surface area contributed by atoms with E-state index in [0.717, 1.165) is 0 Å². The molecule has 0 radical (unpaired) electrons. The van der Waals surface area contributed by atoms with Gasteiger partial charge in [-0.3, -0.25) is 5.41 Å². The first-order chi connectivity index (χ1) is 6.50. The molecule has 0 fully saturated rings. The van der Waals surface area contributed by atoms with Crippen molar-refractivity contribution in [2.75, 3.05) is 0 Å². The number of amidine groups is 1. The summed E-state index contributed by atoms with van der Waals surface area (Å²) >= 11 is 0. The van der Waals surface area contributed by atoms with Crippen LogP contribution in [0.25, 0.3) is 6.08 Å². The van der Waals surface area contributed by atoms with Gasteiger partial charge in [-0.25, -0.2) is 8.42 Å². The number of rotatable bonds is 2. The Labute approximate surface area is 82.5 Å². The summed E-state index contributed by atoms with van der Waals surface area (Å²) in [4.78, 5) is 0.0162. The van der Waals surface area contributed by atoms with Crippen LogP contribution in [0.1, 0.15) is 5.56 Å². The molecule has 74 valence electrons. The fraction of sp³-hybridized carbons (Fsp3) is 0. The Morgan fingerprint density at radius 3 is 2.50 bits per heavy atom. The van der Waals surface area contributed by atoms with Gasteiger partial charge in [0.05, 0.1) is 4.90 Å². The molecule has 0 aromatic heterocycles. The predicted octanol–water partition coefficient (Wildman–Crippen LogP) is 0.997. The van der Waals surface area contributed by atoms with Gasteiger partial charge in [-0.05, 0) is 11.6 Å². The number of benzene rings is 1. The Morgan fingerprint density at radius 2 is 2.00 bits per heavy atom. The first-order valence-corrected chi connectivity index (χ1v) is 5.29. The van der Waals surface area contributed by atoms with Crippen molar-refractivity contribution in [3.8, 4) is 0 Å². The van der Waals surface area contributed by atoms with Crippen molar-refractivity contribution in [2.45, 2.75) is 4.90 Å². The first-order valence-electron chi connectivity index (χ1n) is 3.80. The normalized spacial score (nSPS) is 10.9. The Kier molecular flexibility index (Phi) is 2.71. The SMILES string of the molecule is C=Cc1ccccc1S(=O)(=O)C(=N)N. The van der Waals surface area contributed by atoms with Crippen LogP contribution in [0.15, 0.2) is 35.7 Å². The first kappa shape index (κ1) is 10.5. The van der Waals surface area contributed by atoms with Gasteiger partial charge >= 0.3 is 0 Å². The highest BCUT2D eigenvalue weighted by molar-refractivity contribution is 8.06. The highest BCUT2D eigenvalue weighted by Gasteiger charge is 2.20. The lowest BCUT2D eigenvalue weighted by atomic mass is 10.2. The summed E-state index contributed by atoms with van der Waals surface area (Å²) in [7, 11) is -3.83. The van der Waals surface area contributed by atoms with Gasteiger partial charge in [0.15, 0.2) is 0 Å². The Balaban J connectivity index is 3.47. The summed E-state index contributed by atoms with van der Waals surface area (Å²) in [6.07, 6.45) is 1.41. The molecule has 0 aliphatic heterocycles. The standard InChI is InChI=1S/C9H10N2O2S/c1-2-7-5-3-4-6-8(7)14(12,13)9(10)11/h2-6H,1H2,(H3,10,11). The second kappa shape index (κ2) is 3.63. The molecule has 0 aliphatic carbocycles. The number of hydrogen-bond donors (Lipinski definition) is 2. The third-order valence-corrected chi connectivity index (χ3v) is 3.25. The zero-order valence-electron chi connectivity index (χ0n) is 7.40. The second-order valence-corrected chi connectivity index (χ2v) is 4.50. The molecule has 14 heavy (non-hydrogen) atoms. The van der Waals surface area contributed by atoms with Crippen molar-refractivity contribution < 1.29 is 8.42 Å². The largest absolute Gasteiger partial charge is 0.374 e. The smallest absolute Gasteiger partial charge is 0.239 e. The molecule has 0 heterocycles. The number of nitrogens with one attached hydrogen (secondary N) is 1. The van der Waals surface area contributed by atoms with Crippen molar-refractivity contribution >= 4 is 21.1 Å². The average Bonchev–Trinajstić information content (AvgIpc) is 2.17. The predicted molar refractivity (Wildman–Crippen MR) is 55.6 cm³/mol. The summed E-state index contributed by atoms with van der Waals surface area (Å²) in [5.41, 5.74) is 5.43. The molecule has 0 spiro atoms. The summed E-state index contributed by atoms with van der Waals surface area (Å²) in [5.74, 6) is 0. The van der Waals surface area contributed by atoms with E-state index in [-0.39, 0.29) is 4.90 Å².